The van der Waals surface area contributed by atoms with Crippen molar-refractivity contribution in [2.45, 2.75) is 32.6 Å². The molecule has 194 valence electrons. The van der Waals surface area contributed by atoms with Crippen LogP contribution in [-0.2, 0) is 23.9 Å². The van der Waals surface area contributed by atoms with Crippen molar-refractivity contribution in [3.05, 3.63) is 80.3 Å². The fraction of sp³-hybridized carbons (Fsp3) is 0.296. The normalized spacial score (nSPS) is 18.6. The summed E-state index contributed by atoms with van der Waals surface area (Å²) in [5.41, 5.74) is 7.13. The highest BCUT2D eigenvalue weighted by Crippen LogP contribution is 2.50. The van der Waals surface area contributed by atoms with Crippen molar-refractivity contribution in [2.24, 2.45) is 11.1 Å². The van der Waals surface area contributed by atoms with Crippen molar-refractivity contribution in [1.82, 2.24) is 0 Å². The monoisotopic (exact) mass is 588 g/mol. The highest BCUT2D eigenvalue weighted by Gasteiger charge is 2.45. The fourth-order valence-electron chi connectivity index (χ4n) is 4.57. The van der Waals surface area contributed by atoms with Gasteiger partial charge in [0.15, 0.2) is 12.4 Å². The van der Waals surface area contributed by atoms with Gasteiger partial charge < -0.3 is 25.3 Å². The van der Waals surface area contributed by atoms with Gasteiger partial charge in [-0.25, -0.2) is 4.79 Å². The number of ketones is 1. The molecule has 37 heavy (non-hydrogen) atoms. The SMILES string of the molecule is COC(=O)C1=C(N)OC2=C(C(=O)CC(C)(C)C2)C1c1cc(Br)ccc1OCC(=O)Nc1ccccc1Cl. The molecule has 0 saturated heterocycles. The van der Waals surface area contributed by atoms with E-state index in [0.29, 0.717) is 44.2 Å². The van der Waals surface area contributed by atoms with Gasteiger partial charge >= 0.3 is 5.97 Å². The number of methoxy groups -OCH3 is 1. The zero-order valence-corrected chi connectivity index (χ0v) is 22.9. The molecule has 0 aromatic heterocycles. The van der Waals surface area contributed by atoms with E-state index in [1.54, 1.807) is 42.5 Å². The summed E-state index contributed by atoms with van der Waals surface area (Å²) in [5, 5.41) is 3.10. The van der Waals surface area contributed by atoms with E-state index in [9.17, 15) is 14.4 Å². The van der Waals surface area contributed by atoms with Crippen molar-refractivity contribution in [1.29, 1.82) is 0 Å². The third kappa shape index (κ3) is 5.67. The molecule has 0 bridgehead atoms. The zero-order valence-electron chi connectivity index (χ0n) is 20.5. The van der Waals surface area contributed by atoms with Crippen LogP contribution in [0.4, 0.5) is 5.69 Å². The van der Waals surface area contributed by atoms with Crippen molar-refractivity contribution < 1.29 is 28.6 Å². The number of ether oxygens (including phenoxy) is 3. The lowest BCUT2D eigenvalue weighted by molar-refractivity contribution is -0.136. The molecule has 0 radical (unpaired) electrons. The van der Waals surface area contributed by atoms with E-state index in [-0.39, 0.29) is 35.7 Å². The number of carbonyl (C=O) groups is 3. The van der Waals surface area contributed by atoms with Gasteiger partial charge in [0, 0.05) is 28.5 Å². The predicted octanol–water partition coefficient (Wildman–Crippen LogP) is 5.22. The second-order valence-electron chi connectivity index (χ2n) is 9.58. The number of halogens is 2. The Kier molecular flexibility index (Phi) is 7.66. The number of anilines is 1. The molecule has 1 aliphatic carbocycles. The van der Waals surface area contributed by atoms with Crippen molar-refractivity contribution >= 4 is 50.9 Å². The first-order valence-corrected chi connectivity index (χ1v) is 12.7. The number of nitrogens with one attached hydrogen (secondary N) is 1. The second-order valence-corrected chi connectivity index (χ2v) is 10.9. The van der Waals surface area contributed by atoms with Crippen LogP contribution in [0.5, 0.6) is 5.75 Å². The number of amides is 1. The van der Waals surface area contributed by atoms with Gasteiger partial charge in [0.25, 0.3) is 5.91 Å². The predicted molar refractivity (Wildman–Crippen MR) is 142 cm³/mol. The van der Waals surface area contributed by atoms with E-state index in [1.807, 2.05) is 13.8 Å². The lowest BCUT2D eigenvalue weighted by atomic mass is 9.70. The number of para-hydroxylation sites is 1. The minimum atomic E-state index is -0.904. The van der Waals surface area contributed by atoms with Crippen molar-refractivity contribution in [3.63, 3.8) is 0 Å². The standard InChI is InChI=1S/C27H26BrClN2O6/c1-27(2)11-18(32)23-20(12-27)37-25(30)24(26(34)35-3)22(23)15-10-14(28)8-9-19(15)36-13-21(33)31-17-7-5-4-6-16(17)29/h4-10,22H,11-13,30H2,1-3H3,(H,31,33). The molecule has 1 atom stereocenters. The van der Waals surface area contributed by atoms with Crippen LogP contribution in [0, 0.1) is 5.41 Å². The third-order valence-electron chi connectivity index (χ3n) is 6.15. The van der Waals surface area contributed by atoms with Crippen LogP contribution < -0.4 is 15.8 Å². The van der Waals surface area contributed by atoms with Crippen LogP contribution in [0.25, 0.3) is 0 Å². The Morgan fingerprint density at radius 1 is 1.22 bits per heavy atom. The largest absolute Gasteiger partial charge is 0.483 e. The Morgan fingerprint density at radius 3 is 2.65 bits per heavy atom. The minimum Gasteiger partial charge on any atom is -0.483 e. The molecule has 3 N–H and O–H groups in total. The Balaban J connectivity index is 1.73. The molecule has 8 nitrogen and oxygen atoms in total. The smallest absolute Gasteiger partial charge is 0.340 e. The van der Waals surface area contributed by atoms with Gasteiger partial charge in [-0.3, -0.25) is 9.59 Å². The quantitative estimate of drug-likeness (QED) is 0.444. The summed E-state index contributed by atoms with van der Waals surface area (Å²) in [6.07, 6.45) is 0.731. The molecule has 1 aliphatic heterocycles. The Morgan fingerprint density at radius 2 is 1.95 bits per heavy atom. The molecule has 0 spiro atoms. The molecule has 0 saturated carbocycles. The summed E-state index contributed by atoms with van der Waals surface area (Å²) >= 11 is 9.59. The highest BCUT2D eigenvalue weighted by atomic mass is 79.9. The lowest BCUT2D eigenvalue weighted by Crippen LogP contribution is -2.35. The maximum Gasteiger partial charge on any atom is 0.340 e. The number of rotatable bonds is 6. The minimum absolute atomic E-state index is 0.00206. The maximum absolute atomic E-state index is 13.4. The van der Waals surface area contributed by atoms with Gasteiger partial charge in [-0.15, -0.1) is 0 Å². The van der Waals surface area contributed by atoms with Crippen LogP contribution >= 0.6 is 27.5 Å². The summed E-state index contributed by atoms with van der Waals surface area (Å²) < 4.78 is 17.4. The van der Waals surface area contributed by atoms with E-state index < -0.39 is 17.8 Å². The number of benzene rings is 2. The van der Waals surface area contributed by atoms with Gasteiger partial charge in [-0.2, -0.15) is 0 Å². The topological polar surface area (TPSA) is 117 Å². The molecular weight excluding hydrogens is 564 g/mol. The molecule has 2 aromatic rings. The number of hydrogen-bond acceptors (Lipinski definition) is 7. The molecule has 2 aliphatic rings. The zero-order chi connectivity index (χ0) is 26.9. The average molecular weight is 590 g/mol. The molecule has 10 heteroatoms. The summed E-state index contributed by atoms with van der Waals surface area (Å²) in [6.45, 7) is 3.59. The lowest BCUT2D eigenvalue weighted by Gasteiger charge is -2.38. The van der Waals surface area contributed by atoms with Crippen LogP contribution in [0.3, 0.4) is 0 Å². The summed E-state index contributed by atoms with van der Waals surface area (Å²) in [7, 11) is 1.23. The number of allylic oxidation sites excluding steroid dienone is 2. The van der Waals surface area contributed by atoms with Gasteiger partial charge in [-0.1, -0.05) is 53.5 Å². The third-order valence-corrected chi connectivity index (χ3v) is 6.97. The molecule has 4 rings (SSSR count). The van der Waals surface area contributed by atoms with Gasteiger partial charge in [0.05, 0.1) is 23.7 Å². The van der Waals surface area contributed by atoms with Crippen molar-refractivity contribution in [2.75, 3.05) is 19.0 Å². The Bertz CT molecular complexity index is 1350. The first-order valence-electron chi connectivity index (χ1n) is 11.5. The van der Waals surface area contributed by atoms with E-state index in [2.05, 4.69) is 21.2 Å². The average Bonchev–Trinajstić information content (AvgIpc) is 2.82. The molecule has 2 aromatic carbocycles. The van der Waals surface area contributed by atoms with Crippen molar-refractivity contribution in [3.8, 4) is 5.75 Å². The number of carbonyl (C=O) groups excluding carboxylic acids is 3. The van der Waals surface area contributed by atoms with Crippen LogP contribution in [0.1, 0.15) is 38.2 Å². The van der Waals surface area contributed by atoms with E-state index in [1.165, 1.54) is 7.11 Å². The van der Waals surface area contributed by atoms with Crippen LogP contribution in [-0.4, -0.2) is 31.4 Å². The van der Waals surface area contributed by atoms with E-state index in [0.717, 1.165) is 0 Å². The van der Waals surface area contributed by atoms with E-state index in [4.69, 9.17) is 31.5 Å². The fourth-order valence-corrected chi connectivity index (χ4v) is 5.13. The van der Waals surface area contributed by atoms with Gasteiger partial charge in [-0.05, 0) is 35.7 Å². The summed E-state index contributed by atoms with van der Waals surface area (Å²) in [6, 6.07) is 12.0. The Hall–Kier alpha value is -3.30. The molecule has 0 fully saturated rings. The Labute approximate surface area is 227 Å². The number of nitrogens with two attached hydrogens (primary N) is 1. The highest BCUT2D eigenvalue weighted by molar-refractivity contribution is 9.10. The summed E-state index contributed by atoms with van der Waals surface area (Å²) in [5.74, 6) is -1.65. The maximum atomic E-state index is 13.4. The number of esters is 1. The van der Waals surface area contributed by atoms with Gasteiger partial charge in [0.2, 0.25) is 5.88 Å². The number of Topliss-reactive ketones (excluding diaryl/α,β-unsaturated/α-hetero) is 1. The molecular formula is C27H26BrClN2O6. The first kappa shape index (κ1) is 26.8. The first-order chi connectivity index (χ1) is 17.5. The number of hydrogen-bond donors (Lipinski definition) is 2. The van der Waals surface area contributed by atoms with E-state index >= 15 is 0 Å². The molecule has 1 amide bonds. The van der Waals surface area contributed by atoms with Crippen LogP contribution in [0.15, 0.2) is 69.7 Å². The molecule has 1 unspecified atom stereocenters. The molecule has 1 heterocycles. The summed E-state index contributed by atoms with van der Waals surface area (Å²) in [4.78, 5) is 38.9. The van der Waals surface area contributed by atoms with Gasteiger partial charge in [0.1, 0.15) is 17.1 Å². The second kappa shape index (κ2) is 10.6. The van der Waals surface area contributed by atoms with Crippen LogP contribution in [0.2, 0.25) is 5.02 Å².